The van der Waals surface area contributed by atoms with Crippen molar-refractivity contribution in [1.82, 2.24) is 9.97 Å². The fourth-order valence-electron chi connectivity index (χ4n) is 1.59. The molecule has 0 saturated carbocycles. The van der Waals surface area contributed by atoms with E-state index in [2.05, 4.69) is 15.3 Å². The Balaban J connectivity index is 2.57. The molecule has 2 aromatic rings. The van der Waals surface area contributed by atoms with E-state index in [0.29, 0.717) is 17.0 Å². The zero-order valence-corrected chi connectivity index (χ0v) is 10.4. The first-order valence-electron chi connectivity index (χ1n) is 5.51. The quantitative estimate of drug-likeness (QED) is 0.888. The van der Waals surface area contributed by atoms with Gasteiger partial charge in [-0.05, 0) is 25.5 Å². The first-order valence-corrected chi connectivity index (χ1v) is 5.51. The number of rotatable bonds is 2. The Kier molecular flexibility index (Phi) is 3.23. The highest BCUT2D eigenvalue weighted by Gasteiger charge is 2.12. The average Bonchev–Trinajstić information content (AvgIpc) is 2.36. The van der Waals surface area contributed by atoms with Crippen molar-refractivity contribution in [3.8, 4) is 11.4 Å². The maximum Gasteiger partial charge on any atom is 0.186 e. The van der Waals surface area contributed by atoms with Gasteiger partial charge in [0.25, 0.3) is 0 Å². The smallest absolute Gasteiger partial charge is 0.186 e. The van der Waals surface area contributed by atoms with E-state index in [1.807, 2.05) is 0 Å². The second-order valence-corrected chi connectivity index (χ2v) is 4.01. The van der Waals surface area contributed by atoms with Crippen molar-refractivity contribution in [1.29, 1.82) is 0 Å². The highest BCUT2D eigenvalue weighted by Crippen LogP contribution is 2.22. The van der Waals surface area contributed by atoms with Crippen LogP contribution in [0.1, 0.15) is 11.3 Å². The number of nitrogens with zero attached hydrogens (tertiary/aromatic N) is 2. The highest BCUT2D eigenvalue weighted by atomic mass is 19.1. The van der Waals surface area contributed by atoms with Gasteiger partial charge in [0.15, 0.2) is 17.5 Å². The van der Waals surface area contributed by atoms with Gasteiger partial charge < -0.3 is 5.32 Å². The summed E-state index contributed by atoms with van der Waals surface area (Å²) in [5, 5.41) is 2.65. The summed E-state index contributed by atoms with van der Waals surface area (Å²) in [4.78, 5) is 8.06. The van der Waals surface area contributed by atoms with E-state index < -0.39 is 5.82 Å². The van der Waals surface area contributed by atoms with Gasteiger partial charge in [-0.15, -0.1) is 0 Å². The van der Waals surface area contributed by atoms with Crippen LogP contribution in [0.4, 0.5) is 14.6 Å². The fraction of sp³-hybridized carbons (Fsp3) is 0.231. The second-order valence-electron chi connectivity index (χ2n) is 4.01. The molecule has 0 spiro atoms. The largest absolute Gasteiger partial charge is 0.371 e. The lowest BCUT2D eigenvalue weighted by Gasteiger charge is -2.08. The average molecular weight is 249 g/mol. The highest BCUT2D eigenvalue weighted by molar-refractivity contribution is 5.58. The van der Waals surface area contributed by atoms with Crippen molar-refractivity contribution in [2.24, 2.45) is 0 Å². The van der Waals surface area contributed by atoms with Gasteiger partial charge in [0.1, 0.15) is 5.82 Å². The molecule has 0 atom stereocenters. The van der Waals surface area contributed by atoms with Crippen LogP contribution in [0.25, 0.3) is 11.4 Å². The summed E-state index contributed by atoms with van der Waals surface area (Å²) in [6.45, 7) is 3.22. The molecule has 1 aromatic heterocycles. The summed E-state index contributed by atoms with van der Waals surface area (Å²) in [6, 6.07) is 4.71. The molecule has 0 radical (unpaired) electrons. The van der Waals surface area contributed by atoms with Gasteiger partial charge >= 0.3 is 0 Å². The van der Waals surface area contributed by atoms with Crippen molar-refractivity contribution in [2.75, 3.05) is 12.4 Å². The van der Waals surface area contributed by atoms with Gasteiger partial charge in [0, 0.05) is 12.6 Å². The molecule has 0 aliphatic carbocycles. The maximum atomic E-state index is 13.6. The Morgan fingerprint density at radius 1 is 1.11 bits per heavy atom. The third kappa shape index (κ3) is 2.16. The van der Waals surface area contributed by atoms with Gasteiger partial charge in [-0.2, -0.15) is 0 Å². The number of aromatic nitrogens is 2. The minimum atomic E-state index is -0.492. The summed E-state index contributed by atoms with van der Waals surface area (Å²) in [5.74, 6) is -0.409. The summed E-state index contributed by atoms with van der Waals surface area (Å²) < 4.78 is 27.1. The number of hydrogen-bond donors (Lipinski definition) is 1. The van der Waals surface area contributed by atoms with Gasteiger partial charge in [-0.1, -0.05) is 12.1 Å². The lowest BCUT2D eigenvalue weighted by atomic mass is 10.1. The molecule has 1 aromatic carbocycles. The van der Waals surface area contributed by atoms with Gasteiger partial charge in [0.2, 0.25) is 0 Å². The SMILES string of the molecule is CNc1nc(-c2ccc(C)c(F)c2)nc(C)c1F. The number of benzene rings is 1. The van der Waals surface area contributed by atoms with Crippen molar-refractivity contribution in [3.05, 3.63) is 41.1 Å². The molecular weight excluding hydrogens is 236 g/mol. The Labute approximate surface area is 104 Å². The normalized spacial score (nSPS) is 10.5. The Morgan fingerprint density at radius 2 is 1.83 bits per heavy atom. The van der Waals surface area contributed by atoms with Gasteiger partial charge in [-0.3, -0.25) is 0 Å². The van der Waals surface area contributed by atoms with Crippen molar-refractivity contribution in [3.63, 3.8) is 0 Å². The standard InChI is InChI=1S/C13H13F2N3/c1-7-4-5-9(6-10(7)14)12-17-8(2)11(15)13(16-3)18-12/h4-6H,1-3H3,(H,16,17,18). The molecule has 0 bridgehead atoms. The first kappa shape index (κ1) is 12.4. The molecule has 0 unspecified atom stereocenters. The van der Waals surface area contributed by atoms with Crippen LogP contribution in [0, 0.1) is 25.5 Å². The molecule has 1 N–H and O–H groups in total. The summed E-state index contributed by atoms with van der Waals surface area (Å²) >= 11 is 0. The van der Waals surface area contributed by atoms with Crippen LogP contribution in [-0.2, 0) is 0 Å². The minimum Gasteiger partial charge on any atom is -0.371 e. The molecular formula is C13H13F2N3. The minimum absolute atomic E-state index is 0.110. The molecule has 0 aliphatic heterocycles. The Bertz CT molecular complexity index is 597. The molecule has 0 aliphatic rings. The lowest BCUT2D eigenvalue weighted by molar-refractivity contribution is 0.606. The van der Waals surface area contributed by atoms with E-state index >= 15 is 0 Å². The monoisotopic (exact) mass is 249 g/mol. The zero-order valence-electron chi connectivity index (χ0n) is 10.4. The van der Waals surface area contributed by atoms with E-state index in [0.717, 1.165) is 0 Å². The molecule has 18 heavy (non-hydrogen) atoms. The number of nitrogens with one attached hydrogen (secondary N) is 1. The van der Waals surface area contributed by atoms with Crippen molar-refractivity contribution < 1.29 is 8.78 Å². The van der Waals surface area contributed by atoms with E-state index in [-0.39, 0.29) is 17.3 Å². The summed E-state index contributed by atoms with van der Waals surface area (Å²) in [7, 11) is 1.57. The topological polar surface area (TPSA) is 37.8 Å². The third-order valence-electron chi connectivity index (χ3n) is 2.68. The van der Waals surface area contributed by atoms with Crippen LogP contribution >= 0.6 is 0 Å². The molecule has 2 rings (SSSR count). The van der Waals surface area contributed by atoms with Crippen molar-refractivity contribution >= 4 is 5.82 Å². The van der Waals surface area contributed by atoms with Crippen LogP contribution < -0.4 is 5.32 Å². The zero-order chi connectivity index (χ0) is 13.3. The number of hydrogen-bond acceptors (Lipinski definition) is 3. The predicted octanol–water partition coefficient (Wildman–Crippen LogP) is 3.08. The van der Waals surface area contributed by atoms with E-state index in [9.17, 15) is 8.78 Å². The Morgan fingerprint density at radius 3 is 2.44 bits per heavy atom. The van der Waals surface area contributed by atoms with Gasteiger partial charge in [-0.25, -0.2) is 18.7 Å². The molecule has 0 amide bonds. The maximum absolute atomic E-state index is 13.6. The van der Waals surface area contributed by atoms with Crippen molar-refractivity contribution in [2.45, 2.75) is 13.8 Å². The Hall–Kier alpha value is -2.04. The first-order chi connectivity index (χ1) is 8.52. The second kappa shape index (κ2) is 4.68. The van der Waals surface area contributed by atoms with Crippen LogP contribution in [0.15, 0.2) is 18.2 Å². The molecule has 0 fully saturated rings. The molecule has 0 saturated heterocycles. The summed E-state index contributed by atoms with van der Waals surface area (Å²) in [5.41, 5.74) is 1.30. The molecule has 5 heteroatoms. The lowest BCUT2D eigenvalue weighted by Crippen LogP contribution is -2.03. The van der Waals surface area contributed by atoms with Crippen LogP contribution in [0.2, 0.25) is 0 Å². The predicted molar refractivity (Wildman–Crippen MR) is 66.4 cm³/mol. The number of halogens is 2. The molecule has 94 valence electrons. The van der Waals surface area contributed by atoms with Gasteiger partial charge in [0.05, 0.1) is 5.69 Å². The fourth-order valence-corrected chi connectivity index (χ4v) is 1.59. The van der Waals surface area contributed by atoms with E-state index in [1.165, 1.54) is 6.07 Å². The van der Waals surface area contributed by atoms with Crippen LogP contribution in [0.5, 0.6) is 0 Å². The van der Waals surface area contributed by atoms with Crippen LogP contribution in [0.3, 0.4) is 0 Å². The molecule has 3 nitrogen and oxygen atoms in total. The van der Waals surface area contributed by atoms with E-state index in [4.69, 9.17) is 0 Å². The van der Waals surface area contributed by atoms with Crippen LogP contribution in [-0.4, -0.2) is 17.0 Å². The third-order valence-corrected chi connectivity index (χ3v) is 2.68. The molecule has 1 heterocycles. The van der Waals surface area contributed by atoms with E-state index in [1.54, 1.807) is 33.0 Å². The summed E-state index contributed by atoms with van der Waals surface area (Å²) in [6.07, 6.45) is 0. The number of aryl methyl sites for hydroxylation is 2. The number of anilines is 1.